The molecule has 0 radical (unpaired) electrons. The average Bonchev–Trinajstić information content (AvgIpc) is 2.60. The van der Waals surface area contributed by atoms with E-state index in [0.29, 0.717) is 18.2 Å². The van der Waals surface area contributed by atoms with Gasteiger partial charge in [0.25, 0.3) is 5.92 Å². The molecule has 0 amide bonds. The van der Waals surface area contributed by atoms with Crippen LogP contribution in [0.2, 0.25) is 0 Å². The van der Waals surface area contributed by atoms with Crippen molar-refractivity contribution in [2.75, 3.05) is 24.2 Å². The van der Waals surface area contributed by atoms with Crippen molar-refractivity contribution in [3.63, 3.8) is 0 Å². The van der Waals surface area contributed by atoms with E-state index in [4.69, 9.17) is 10.5 Å². The van der Waals surface area contributed by atoms with Crippen LogP contribution in [0.1, 0.15) is 44.2 Å². The number of hydrogen-bond acceptors (Lipinski definition) is 5. The summed E-state index contributed by atoms with van der Waals surface area (Å²) < 4.78 is 32.2. The van der Waals surface area contributed by atoms with Crippen molar-refractivity contribution < 1.29 is 13.5 Å². The number of anilines is 2. The molecular weight excluding hydrogens is 338 g/mol. The molecule has 0 aliphatic carbocycles. The fourth-order valence-corrected chi connectivity index (χ4v) is 2.42. The van der Waals surface area contributed by atoms with E-state index in [-0.39, 0.29) is 11.5 Å². The lowest BCUT2D eigenvalue weighted by molar-refractivity contribution is 0.0174. The summed E-state index contributed by atoms with van der Waals surface area (Å²) >= 11 is 0. The number of aryl methyl sites for hydroxylation is 1. The van der Waals surface area contributed by atoms with E-state index in [1.165, 1.54) is 12.1 Å². The van der Waals surface area contributed by atoms with Gasteiger partial charge in [0, 0.05) is 19.0 Å². The lowest BCUT2D eigenvalue weighted by Gasteiger charge is -2.13. The molecule has 5 nitrogen and oxygen atoms in total. The van der Waals surface area contributed by atoms with E-state index in [0.717, 1.165) is 44.7 Å². The maximum atomic E-state index is 13.2. The number of benzene rings is 1. The van der Waals surface area contributed by atoms with E-state index in [9.17, 15) is 8.78 Å². The third-order valence-corrected chi connectivity index (χ3v) is 3.92. The third kappa shape index (κ3) is 6.13. The van der Waals surface area contributed by atoms with Crippen molar-refractivity contribution in [1.29, 1.82) is 0 Å². The first-order valence-corrected chi connectivity index (χ1v) is 8.86. The summed E-state index contributed by atoms with van der Waals surface area (Å²) in [5.74, 6) is -1.45. The molecule has 142 valence electrons. The summed E-state index contributed by atoms with van der Waals surface area (Å²) in [5.41, 5.74) is 6.66. The number of nitrogens with two attached hydrogens (primary N) is 1. The van der Waals surface area contributed by atoms with Crippen LogP contribution in [0.25, 0.3) is 0 Å². The fraction of sp³-hybridized carbons (Fsp3) is 0.474. The quantitative estimate of drug-likeness (QED) is 0.612. The minimum absolute atomic E-state index is 0.0271. The number of ether oxygens (including phenoxy) is 1. The molecule has 0 fully saturated rings. The van der Waals surface area contributed by atoms with Gasteiger partial charge in [-0.05, 0) is 24.8 Å². The Labute approximate surface area is 153 Å². The summed E-state index contributed by atoms with van der Waals surface area (Å²) in [6.45, 7) is 4.28. The molecular formula is C19H26F2N4O. The topological polar surface area (TPSA) is 73.1 Å². The molecule has 0 atom stereocenters. The highest BCUT2D eigenvalue weighted by Gasteiger charge is 2.23. The van der Waals surface area contributed by atoms with E-state index in [1.54, 1.807) is 18.3 Å². The highest BCUT2D eigenvalue weighted by Crippen LogP contribution is 2.27. The van der Waals surface area contributed by atoms with Crippen LogP contribution in [-0.4, -0.2) is 23.1 Å². The molecule has 7 heteroatoms. The molecule has 0 saturated carbocycles. The van der Waals surface area contributed by atoms with E-state index < -0.39 is 5.92 Å². The molecule has 0 bridgehead atoms. The summed E-state index contributed by atoms with van der Waals surface area (Å²) in [6.07, 6.45) is 5.15. The smallest absolute Gasteiger partial charge is 0.270 e. The summed E-state index contributed by atoms with van der Waals surface area (Å²) in [7, 11) is 0. The predicted molar refractivity (Wildman–Crippen MR) is 99.7 cm³/mol. The number of aromatic nitrogens is 2. The van der Waals surface area contributed by atoms with E-state index in [2.05, 4.69) is 22.2 Å². The summed E-state index contributed by atoms with van der Waals surface area (Å²) in [5, 5.41) is 3.21. The molecule has 1 heterocycles. The first-order valence-electron chi connectivity index (χ1n) is 8.86. The van der Waals surface area contributed by atoms with Crippen molar-refractivity contribution in [3.05, 3.63) is 41.6 Å². The molecule has 0 saturated heterocycles. The molecule has 2 aromatic rings. The third-order valence-electron chi connectivity index (χ3n) is 3.92. The van der Waals surface area contributed by atoms with Gasteiger partial charge >= 0.3 is 0 Å². The SMILES string of the molecule is CCCCNc1nc(N)ncc1OCCCc1ccc(C(C)(F)F)cc1. The van der Waals surface area contributed by atoms with Gasteiger partial charge in [-0.25, -0.2) is 13.8 Å². The van der Waals surface area contributed by atoms with Crippen molar-refractivity contribution in [2.45, 2.75) is 45.5 Å². The number of halogens is 2. The van der Waals surface area contributed by atoms with Gasteiger partial charge < -0.3 is 15.8 Å². The normalized spacial score (nSPS) is 11.4. The van der Waals surface area contributed by atoms with Crippen LogP contribution in [0, 0.1) is 0 Å². The molecule has 1 aromatic carbocycles. The molecule has 0 unspecified atom stereocenters. The summed E-state index contributed by atoms with van der Waals surface area (Å²) in [6, 6.07) is 6.41. The zero-order valence-corrected chi connectivity index (χ0v) is 15.3. The second kappa shape index (κ2) is 9.31. The minimum Gasteiger partial charge on any atom is -0.488 e. The second-order valence-electron chi connectivity index (χ2n) is 6.26. The Morgan fingerprint density at radius 2 is 1.92 bits per heavy atom. The second-order valence-corrected chi connectivity index (χ2v) is 6.26. The zero-order chi connectivity index (χ0) is 19.0. The van der Waals surface area contributed by atoms with Crippen LogP contribution in [0.5, 0.6) is 5.75 Å². The lowest BCUT2D eigenvalue weighted by Crippen LogP contribution is -2.09. The number of nitrogens with zero attached hydrogens (tertiary/aromatic N) is 2. The van der Waals surface area contributed by atoms with Crippen molar-refractivity contribution >= 4 is 11.8 Å². The number of hydrogen-bond donors (Lipinski definition) is 2. The molecule has 26 heavy (non-hydrogen) atoms. The monoisotopic (exact) mass is 364 g/mol. The van der Waals surface area contributed by atoms with Gasteiger partial charge in [-0.2, -0.15) is 4.98 Å². The van der Waals surface area contributed by atoms with E-state index in [1.807, 2.05) is 0 Å². The standard InChI is InChI=1S/C19H26F2N4O/c1-3-4-11-23-17-16(13-24-18(22)25-17)26-12-5-6-14-7-9-15(10-8-14)19(2,20)21/h7-10,13H,3-6,11-12H2,1-2H3,(H3,22,23,24,25). The minimum atomic E-state index is -2.81. The average molecular weight is 364 g/mol. The number of nitrogens with one attached hydrogen (secondary N) is 1. The first-order chi connectivity index (χ1) is 12.4. The molecule has 2 rings (SSSR count). The predicted octanol–water partition coefficient (Wildman–Crippen LogP) is 4.39. The van der Waals surface area contributed by atoms with Gasteiger partial charge in [0.15, 0.2) is 11.6 Å². The van der Waals surface area contributed by atoms with Crippen molar-refractivity contribution in [2.24, 2.45) is 0 Å². The Balaban J connectivity index is 1.84. The first kappa shape index (κ1) is 19.9. The Hall–Kier alpha value is -2.44. The van der Waals surface area contributed by atoms with Crippen LogP contribution in [0.3, 0.4) is 0 Å². The molecule has 0 aliphatic heterocycles. The zero-order valence-electron chi connectivity index (χ0n) is 15.3. The molecule has 3 N–H and O–H groups in total. The van der Waals surface area contributed by atoms with Crippen molar-refractivity contribution in [3.8, 4) is 5.75 Å². The van der Waals surface area contributed by atoms with Gasteiger partial charge in [0.1, 0.15) is 0 Å². The highest BCUT2D eigenvalue weighted by molar-refractivity contribution is 5.51. The van der Waals surface area contributed by atoms with Crippen LogP contribution in [0.4, 0.5) is 20.5 Å². The lowest BCUT2D eigenvalue weighted by atomic mass is 10.0. The van der Waals surface area contributed by atoms with Gasteiger partial charge in [-0.1, -0.05) is 37.6 Å². The molecule has 1 aromatic heterocycles. The van der Waals surface area contributed by atoms with Gasteiger partial charge in [-0.3, -0.25) is 0 Å². The van der Waals surface area contributed by atoms with Gasteiger partial charge in [-0.15, -0.1) is 0 Å². The maximum absolute atomic E-state index is 13.2. The van der Waals surface area contributed by atoms with E-state index >= 15 is 0 Å². The number of alkyl halides is 2. The number of rotatable bonds is 10. The summed E-state index contributed by atoms with van der Waals surface area (Å²) in [4.78, 5) is 8.14. The number of unbranched alkanes of at least 4 members (excludes halogenated alkanes) is 1. The van der Waals surface area contributed by atoms with Crippen LogP contribution in [0.15, 0.2) is 30.5 Å². The Morgan fingerprint density at radius 3 is 2.58 bits per heavy atom. The van der Waals surface area contributed by atoms with Crippen LogP contribution >= 0.6 is 0 Å². The molecule has 0 spiro atoms. The largest absolute Gasteiger partial charge is 0.488 e. The Kier molecular flexibility index (Phi) is 7.12. The fourth-order valence-electron chi connectivity index (χ4n) is 2.42. The van der Waals surface area contributed by atoms with Gasteiger partial charge in [0.2, 0.25) is 5.95 Å². The van der Waals surface area contributed by atoms with Crippen LogP contribution in [-0.2, 0) is 12.3 Å². The van der Waals surface area contributed by atoms with Crippen LogP contribution < -0.4 is 15.8 Å². The van der Waals surface area contributed by atoms with Gasteiger partial charge in [0.05, 0.1) is 12.8 Å². The number of nitrogen functional groups attached to an aromatic ring is 1. The Bertz CT molecular complexity index is 687. The maximum Gasteiger partial charge on any atom is 0.270 e. The Morgan fingerprint density at radius 1 is 1.19 bits per heavy atom. The highest BCUT2D eigenvalue weighted by atomic mass is 19.3. The van der Waals surface area contributed by atoms with Crippen molar-refractivity contribution in [1.82, 2.24) is 9.97 Å². The molecule has 0 aliphatic rings.